The Morgan fingerprint density at radius 1 is 0.564 bits per heavy atom. The minimum Gasteiger partial charge on any atom is -0.462 e. The molecule has 1 N–H and O–H groups in total. The van der Waals surface area contributed by atoms with E-state index >= 15 is 0 Å². The summed E-state index contributed by atoms with van der Waals surface area (Å²) in [6.07, 6.45) is 40.7. The lowest BCUT2D eigenvalue weighted by Crippen LogP contribution is -2.37. The van der Waals surface area contributed by atoms with Crippen molar-refractivity contribution >= 4 is 19.8 Å². The number of allylic oxidation sites excluding steroid dienone is 4. The van der Waals surface area contributed by atoms with Gasteiger partial charge in [0, 0.05) is 12.8 Å². The van der Waals surface area contributed by atoms with Gasteiger partial charge in [0.05, 0.1) is 27.7 Å². The van der Waals surface area contributed by atoms with Crippen molar-refractivity contribution in [3.8, 4) is 0 Å². The van der Waals surface area contributed by atoms with E-state index in [9.17, 15) is 19.0 Å². The normalized spacial score (nSPS) is 13.8. The number of hydrogen-bond donors (Lipinski definition) is 1. The molecule has 0 aromatic rings. The predicted molar refractivity (Wildman–Crippen MR) is 229 cm³/mol. The quantitative estimate of drug-likeness (QED) is 0.0214. The molecular weight excluding hydrogens is 713 g/mol. The lowest BCUT2D eigenvalue weighted by molar-refractivity contribution is -0.870. The summed E-state index contributed by atoms with van der Waals surface area (Å²) in [6.45, 7) is 4.40. The Bertz CT molecular complexity index is 996. The summed E-state index contributed by atoms with van der Waals surface area (Å²) < 4.78 is 34.3. The molecule has 2 atom stereocenters. The fourth-order valence-electron chi connectivity index (χ4n) is 6.18. The average Bonchev–Trinajstić information content (AvgIpc) is 3.13. The minimum atomic E-state index is -4.37. The first-order valence-corrected chi connectivity index (χ1v) is 24.1. The van der Waals surface area contributed by atoms with Gasteiger partial charge >= 0.3 is 19.8 Å². The molecule has 0 amide bonds. The smallest absolute Gasteiger partial charge is 0.462 e. The Labute approximate surface area is 339 Å². The van der Waals surface area contributed by atoms with Crippen LogP contribution in [0.4, 0.5) is 0 Å². The maximum absolute atomic E-state index is 12.7. The lowest BCUT2D eigenvalue weighted by Gasteiger charge is -2.24. The molecule has 0 saturated heterocycles. The molecule has 0 aromatic heterocycles. The second-order valence-electron chi connectivity index (χ2n) is 16.5. The second kappa shape index (κ2) is 38.0. The summed E-state index contributed by atoms with van der Waals surface area (Å²) >= 11 is 0. The highest BCUT2D eigenvalue weighted by molar-refractivity contribution is 7.47. The van der Waals surface area contributed by atoms with Crippen LogP contribution in [0.2, 0.25) is 0 Å². The first kappa shape index (κ1) is 53.5. The van der Waals surface area contributed by atoms with Crippen molar-refractivity contribution in [1.29, 1.82) is 0 Å². The van der Waals surface area contributed by atoms with Crippen molar-refractivity contribution in [3.63, 3.8) is 0 Å². The number of phosphoric ester groups is 1. The topological polar surface area (TPSA) is 108 Å². The predicted octanol–water partition coefficient (Wildman–Crippen LogP) is 12.7. The summed E-state index contributed by atoms with van der Waals surface area (Å²) in [5, 5.41) is 0. The molecule has 0 fully saturated rings. The highest BCUT2D eigenvalue weighted by Crippen LogP contribution is 2.43. The molecule has 0 spiro atoms. The molecule has 0 saturated carbocycles. The first-order valence-electron chi connectivity index (χ1n) is 22.6. The zero-order valence-corrected chi connectivity index (χ0v) is 37.3. The van der Waals surface area contributed by atoms with Gasteiger partial charge in [0.1, 0.15) is 19.8 Å². The molecule has 0 heterocycles. The Morgan fingerprint density at radius 3 is 1.42 bits per heavy atom. The van der Waals surface area contributed by atoms with E-state index < -0.39 is 26.5 Å². The third-order valence-corrected chi connectivity index (χ3v) is 10.7. The molecule has 0 aliphatic heterocycles. The molecule has 0 aliphatic rings. The highest BCUT2D eigenvalue weighted by atomic mass is 31.2. The van der Waals surface area contributed by atoms with Crippen LogP contribution in [0.5, 0.6) is 0 Å². The van der Waals surface area contributed by atoms with Gasteiger partial charge in [-0.2, -0.15) is 0 Å². The Morgan fingerprint density at radius 2 is 0.964 bits per heavy atom. The standard InChI is InChI=1S/C45H86NO8P/c1-6-8-10-12-14-16-18-20-22-24-26-28-30-32-34-36-38-45(48)54-43(42-53-55(49,50)52-40-39-46(3,4)5)41-51-44(47)37-35-33-31-29-27-25-23-21-19-17-15-13-11-9-7-2/h17,19,21,23,43H,6-16,18,20,22,24-42H2,1-5H3/p+1/b19-17+,23-21+/t43-/m1/s1. The molecular formula is C45H87NO8P+. The molecule has 1 unspecified atom stereocenters. The van der Waals surface area contributed by atoms with Gasteiger partial charge < -0.3 is 18.9 Å². The van der Waals surface area contributed by atoms with E-state index in [-0.39, 0.29) is 32.0 Å². The third-order valence-electron chi connectivity index (χ3n) is 9.76. The number of carbonyl (C=O) groups is 2. The maximum atomic E-state index is 12.7. The second-order valence-corrected chi connectivity index (χ2v) is 17.9. The fraction of sp³-hybridized carbons (Fsp3) is 0.867. The maximum Gasteiger partial charge on any atom is 0.472 e. The van der Waals surface area contributed by atoms with Crippen LogP contribution in [0.15, 0.2) is 24.3 Å². The van der Waals surface area contributed by atoms with Crippen LogP contribution in [0.1, 0.15) is 200 Å². The first-order chi connectivity index (χ1) is 26.5. The largest absolute Gasteiger partial charge is 0.472 e. The van der Waals surface area contributed by atoms with Gasteiger partial charge in [-0.3, -0.25) is 18.6 Å². The minimum absolute atomic E-state index is 0.0310. The van der Waals surface area contributed by atoms with E-state index in [1.165, 1.54) is 109 Å². The van der Waals surface area contributed by atoms with E-state index in [1.54, 1.807) is 0 Å². The molecule has 0 aromatic carbocycles. The van der Waals surface area contributed by atoms with Crippen molar-refractivity contribution in [2.24, 2.45) is 0 Å². The molecule has 0 radical (unpaired) electrons. The number of hydrogen-bond acceptors (Lipinski definition) is 7. The van der Waals surface area contributed by atoms with Crippen LogP contribution in [-0.2, 0) is 32.7 Å². The zero-order chi connectivity index (χ0) is 40.7. The van der Waals surface area contributed by atoms with Crippen molar-refractivity contribution in [1.82, 2.24) is 0 Å². The van der Waals surface area contributed by atoms with Crippen LogP contribution < -0.4 is 0 Å². The number of likely N-dealkylation sites (N-methyl/N-ethyl adjacent to an activating group) is 1. The van der Waals surface area contributed by atoms with Gasteiger partial charge in [-0.15, -0.1) is 0 Å². The summed E-state index contributed by atoms with van der Waals surface area (Å²) in [5.41, 5.74) is 0. The van der Waals surface area contributed by atoms with E-state index in [1.807, 2.05) is 21.1 Å². The molecule has 55 heavy (non-hydrogen) atoms. The molecule has 10 heteroatoms. The summed E-state index contributed by atoms with van der Waals surface area (Å²) in [4.78, 5) is 35.4. The van der Waals surface area contributed by atoms with E-state index in [4.69, 9.17) is 18.5 Å². The molecule has 0 bridgehead atoms. The van der Waals surface area contributed by atoms with Crippen molar-refractivity contribution in [2.75, 3.05) is 47.5 Å². The number of esters is 2. The van der Waals surface area contributed by atoms with Gasteiger partial charge in [0.25, 0.3) is 0 Å². The Kier molecular flexibility index (Phi) is 37.0. The summed E-state index contributed by atoms with van der Waals surface area (Å²) in [5.74, 6) is -0.809. The summed E-state index contributed by atoms with van der Waals surface area (Å²) in [6, 6.07) is 0. The highest BCUT2D eigenvalue weighted by Gasteiger charge is 2.27. The third kappa shape index (κ3) is 41.9. The van der Waals surface area contributed by atoms with Crippen LogP contribution in [0.25, 0.3) is 0 Å². The van der Waals surface area contributed by atoms with Crippen LogP contribution >= 0.6 is 7.82 Å². The number of quaternary nitrogens is 1. The van der Waals surface area contributed by atoms with E-state index in [2.05, 4.69) is 38.2 Å². The van der Waals surface area contributed by atoms with Crippen LogP contribution in [-0.4, -0.2) is 74.9 Å². The Balaban J connectivity index is 4.35. The molecule has 324 valence electrons. The number of rotatable bonds is 41. The van der Waals surface area contributed by atoms with Gasteiger partial charge in [0.2, 0.25) is 0 Å². The van der Waals surface area contributed by atoms with Gasteiger partial charge in [-0.1, -0.05) is 173 Å². The Hall–Kier alpha value is -1.51. The number of ether oxygens (including phenoxy) is 2. The van der Waals surface area contributed by atoms with Crippen molar-refractivity contribution < 1.29 is 42.1 Å². The van der Waals surface area contributed by atoms with Crippen molar-refractivity contribution in [2.45, 2.75) is 206 Å². The summed E-state index contributed by atoms with van der Waals surface area (Å²) in [7, 11) is 1.47. The molecule has 0 aliphatic carbocycles. The monoisotopic (exact) mass is 801 g/mol. The molecule has 0 rings (SSSR count). The average molecular weight is 801 g/mol. The number of carbonyl (C=O) groups excluding carboxylic acids is 2. The SMILES string of the molecule is CCCCCC/C=C/C=C/CCCCCCCC(=O)OC[C@H](COP(=O)(O)OCC[N+](C)(C)C)OC(=O)CCCCCCCCCCCCCCCCCC. The van der Waals surface area contributed by atoms with Crippen molar-refractivity contribution in [3.05, 3.63) is 24.3 Å². The fourth-order valence-corrected chi connectivity index (χ4v) is 6.92. The van der Waals surface area contributed by atoms with E-state index in [0.717, 1.165) is 57.8 Å². The van der Waals surface area contributed by atoms with Crippen LogP contribution in [0, 0.1) is 0 Å². The van der Waals surface area contributed by atoms with Gasteiger partial charge in [0.15, 0.2) is 6.10 Å². The lowest BCUT2D eigenvalue weighted by atomic mass is 10.0. The number of phosphoric acid groups is 1. The number of unbranched alkanes of at least 4 members (excludes halogenated alkanes) is 24. The zero-order valence-electron chi connectivity index (χ0n) is 36.4. The van der Waals surface area contributed by atoms with Gasteiger partial charge in [-0.25, -0.2) is 4.57 Å². The van der Waals surface area contributed by atoms with E-state index in [0.29, 0.717) is 17.4 Å². The van der Waals surface area contributed by atoms with Gasteiger partial charge in [-0.05, 0) is 38.5 Å². The van der Waals surface area contributed by atoms with Crippen LogP contribution in [0.3, 0.4) is 0 Å². The number of nitrogens with zero attached hydrogens (tertiary/aromatic N) is 1. The molecule has 9 nitrogen and oxygen atoms in total.